The van der Waals surface area contributed by atoms with E-state index in [-0.39, 0.29) is 11.3 Å². The Kier molecular flexibility index (Phi) is 4.97. The Morgan fingerprint density at radius 1 is 1.19 bits per heavy atom. The molecule has 0 fully saturated rings. The van der Waals surface area contributed by atoms with Crippen LogP contribution >= 0.6 is 11.3 Å². The van der Waals surface area contributed by atoms with Gasteiger partial charge in [0.05, 0.1) is 18.6 Å². The van der Waals surface area contributed by atoms with E-state index in [2.05, 4.69) is 4.98 Å². The van der Waals surface area contributed by atoms with Crippen LogP contribution in [0.15, 0.2) is 23.0 Å². The molecule has 0 radical (unpaired) electrons. The second kappa shape index (κ2) is 7.81. The normalized spacial score (nSPS) is 14.9. The molecule has 0 N–H and O–H groups in total. The average Bonchev–Trinajstić information content (AvgIpc) is 3.29. The first-order chi connectivity index (χ1) is 15.0. The highest BCUT2D eigenvalue weighted by atomic mass is 32.1. The number of hydrogen-bond donors (Lipinski definition) is 0. The van der Waals surface area contributed by atoms with Crippen LogP contribution < -0.4 is 15.0 Å². The number of rotatable bonds is 4. The molecule has 2 aliphatic heterocycles. The Balaban J connectivity index is 1.34. The Bertz CT molecular complexity index is 1280. The van der Waals surface area contributed by atoms with Gasteiger partial charge < -0.3 is 14.2 Å². The van der Waals surface area contributed by atoms with Gasteiger partial charge in [-0.2, -0.15) is 0 Å². The second-order valence-corrected chi connectivity index (χ2v) is 8.54. The molecule has 0 saturated heterocycles. The first-order valence-electron chi connectivity index (χ1n) is 10.2. The van der Waals surface area contributed by atoms with Crippen molar-refractivity contribution in [2.75, 3.05) is 19.8 Å². The first kappa shape index (κ1) is 19.7. The van der Waals surface area contributed by atoms with Gasteiger partial charge in [0.25, 0.3) is 5.56 Å². The van der Waals surface area contributed by atoms with E-state index in [0.29, 0.717) is 57.5 Å². The van der Waals surface area contributed by atoms with Crippen LogP contribution in [0.4, 0.5) is 0 Å². The third-order valence-corrected chi connectivity index (χ3v) is 6.67. The third-order valence-electron chi connectivity index (χ3n) is 5.50. The Hall–Kier alpha value is -3.20. The molecule has 0 bridgehead atoms. The Labute approximate surface area is 181 Å². The molecule has 2 aromatic heterocycles. The van der Waals surface area contributed by atoms with Gasteiger partial charge in [0, 0.05) is 24.9 Å². The highest BCUT2D eigenvalue weighted by Gasteiger charge is 2.24. The molecule has 0 atom stereocenters. The number of ether oxygens (including phenoxy) is 3. The molecule has 0 aliphatic carbocycles. The number of aryl methyl sites for hydroxylation is 2. The van der Waals surface area contributed by atoms with Crippen molar-refractivity contribution in [2.24, 2.45) is 0 Å². The summed E-state index contributed by atoms with van der Waals surface area (Å²) in [7, 11) is 0. The van der Waals surface area contributed by atoms with Crippen LogP contribution in [0.3, 0.4) is 0 Å². The van der Waals surface area contributed by atoms with Gasteiger partial charge in [-0.15, -0.1) is 11.3 Å². The summed E-state index contributed by atoms with van der Waals surface area (Å²) in [5, 5.41) is 0.455. The average molecular weight is 440 g/mol. The fourth-order valence-corrected chi connectivity index (χ4v) is 4.97. The maximum atomic E-state index is 12.8. The van der Waals surface area contributed by atoms with Gasteiger partial charge in [0.15, 0.2) is 23.9 Å². The lowest BCUT2D eigenvalue weighted by atomic mass is 10.1. The maximum absolute atomic E-state index is 12.8. The second-order valence-electron chi connectivity index (χ2n) is 7.54. The van der Waals surface area contributed by atoms with Gasteiger partial charge in [-0.3, -0.25) is 14.2 Å². The summed E-state index contributed by atoms with van der Waals surface area (Å²) in [5.74, 6) is 0.878. The molecule has 1 aromatic carbocycles. The largest absolute Gasteiger partial charge is 0.490 e. The number of carbonyl (C=O) groups excluding carboxylic acids is 2. The molecule has 0 amide bonds. The number of ketones is 1. The molecule has 160 valence electrons. The molecule has 8 nitrogen and oxygen atoms in total. The van der Waals surface area contributed by atoms with Crippen LogP contribution in [0.25, 0.3) is 10.2 Å². The van der Waals surface area contributed by atoms with Crippen molar-refractivity contribution in [3.63, 3.8) is 0 Å². The van der Waals surface area contributed by atoms with Gasteiger partial charge in [0.1, 0.15) is 15.5 Å². The maximum Gasteiger partial charge on any atom is 0.349 e. The third kappa shape index (κ3) is 3.48. The first-order valence-corrected chi connectivity index (χ1v) is 11.0. The molecular formula is C22H20N2O6S. The predicted molar refractivity (Wildman–Crippen MR) is 114 cm³/mol. The van der Waals surface area contributed by atoms with Crippen LogP contribution in [0.2, 0.25) is 0 Å². The summed E-state index contributed by atoms with van der Waals surface area (Å²) in [5.41, 5.74) is 0.808. The van der Waals surface area contributed by atoms with Crippen molar-refractivity contribution >= 4 is 33.3 Å². The number of aromatic nitrogens is 2. The topological polar surface area (TPSA) is 96.7 Å². The summed E-state index contributed by atoms with van der Waals surface area (Å²) < 4.78 is 18.1. The highest BCUT2D eigenvalue weighted by molar-refractivity contribution is 7.20. The molecule has 0 spiro atoms. The minimum absolute atomic E-state index is 0.117. The Morgan fingerprint density at radius 3 is 2.84 bits per heavy atom. The lowest BCUT2D eigenvalue weighted by Crippen LogP contribution is -2.20. The number of fused-ring (bicyclic) bond motifs is 3. The summed E-state index contributed by atoms with van der Waals surface area (Å²) in [6, 6.07) is 4.92. The molecule has 0 unspecified atom stereocenters. The van der Waals surface area contributed by atoms with E-state index in [9.17, 15) is 14.4 Å². The van der Waals surface area contributed by atoms with Crippen molar-refractivity contribution in [3.05, 3.63) is 50.4 Å². The van der Waals surface area contributed by atoms with Gasteiger partial charge in [-0.25, -0.2) is 9.78 Å². The van der Waals surface area contributed by atoms with E-state index in [1.165, 1.54) is 0 Å². The standard InChI is InChI=1S/C22H20N2O6S/c1-12-18-20(23-17-4-2-7-24(17)21(18)26)31-19(12)22(27)30-11-14(25)13-5-6-15-16(10-13)29-9-3-8-28-15/h5-6,10H,2-4,7-9,11H2,1H3. The zero-order valence-corrected chi connectivity index (χ0v) is 17.8. The zero-order valence-electron chi connectivity index (χ0n) is 16.9. The van der Waals surface area contributed by atoms with Crippen molar-refractivity contribution in [2.45, 2.75) is 32.7 Å². The van der Waals surface area contributed by atoms with Crippen molar-refractivity contribution in [1.82, 2.24) is 9.55 Å². The quantitative estimate of drug-likeness (QED) is 0.455. The summed E-state index contributed by atoms with van der Waals surface area (Å²) in [6.07, 6.45) is 2.42. The summed E-state index contributed by atoms with van der Waals surface area (Å²) in [4.78, 5) is 43.4. The van der Waals surface area contributed by atoms with Crippen molar-refractivity contribution in [3.8, 4) is 11.5 Å². The van der Waals surface area contributed by atoms with E-state index >= 15 is 0 Å². The fourth-order valence-electron chi connectivity index (χ4n) is 3.89. The minimum Gasteiger partial charge on any atom is -0.490 e. The molecule has 31 heavy (non-hydrogen) atoms. The molecular weight excluding hydrogens is 420 g/mol. The van der Waals surface area contributed by atoms with Crippen LogP contribution in [-0.2, 0) is 17.7 Å². The minimum atomic E-state index is -0.632. The molecule has 5 rings (SSSR count). The van der Waals surface area contributed by atoms with Gasteiger partial charge in [-0.1, -0.05) is 0 Å². The van der Waals surface area contributed by atoms with E-state index in [1.807, 2.05) is 0 Å². The molecule has 9 heteroatoms. The van der Waals surface area contributed by atoms with E-state index in [0.717, 1.165) is 36.4 Å². The van der Waals surface area contributed by atoms with Crippen LogP contribution in [-0.4, -0.2) is 41.1 Å². The molecule has 0 saturated carbocycles. The van der Waals surface area contributed by atoms with E-state index in [1.54, 1.807) is 29.7 Å². The number of esters is 1. The van der Waals surface area contributed by atoms with Crippen LogP contribution in [0.5, 0.6) is 11.5 Å². The number of thiophene rings is 1. The van der Waals surface area contributed by atoms with Crippen molar-refractivity contribution in [1.29, 1.82) is 0 Å². The van der Waals surface area contributed by atoms with Crippen LogP contribution in [0.1, 0.15) is 44.3 Å². The zero-order chi connectivity index (χ0) is 21.5. The SMILES string of the molecule is Cc1c(C(=O)OCC(=O)c2ccc3c(c2)OCCCO3)sc2nc3n(c(=O)c12)CCC3. The smallest absolute Gasteiger partial charge is 0.349 e. The molecule has 3 aromatic rings. The van der Waals surface area contributed by atoms with Gasteiger partial charge in [0.2, 0.25) is 0 Å². The van der Waals surface area contributed by atoms with Crippen molar-refractivity contribution < 1.29 is 23.8 Å². The lowest BCUT2D eigenvalue weighted by Gasteiger charge is -2.09. The number of nitrogens with zero attached hydrogens (tertiary/aromatic N) is 2. The van der Waals surface area contributed by atoms with E-state index in [4.69, 9.17) is 14.2 Å². The Morgan fingerprint density at radius 2 is 2.00 bits per heavy atom. The fraction of sp³-hybridized carbons (Fsp3) is 0.364. The lowest BCUT2D eigenvalue weighted by molar-refractivity contribution is 0.0479. The number of Topliss-reactive ketones (excluding diaryl/α,β-unsaturated/α-hetero) is 1. The number of benzene rings is 1. The summed E-state index contributed by atoms with van der Waals surface area (Å²) >= 11 is 1.13. The molecule has 4 heterocycles. The number of hydrogen-bond acceptors (Lipinski definition) is 8. The molecule has 2 aliphatic rings. The highest BCUT2D eigenvalue weighted by Crippen LogP contribution is 2.31. The van der Waals surface area contributed by atoms with Crippen LogP contribution in [0, 0.1) is 6.92 Å². The monoisotopic (exact) mass is 440 g/mol. The predicted octanol–water partition coefficient (Wildman–Crippen LogP) is 2.91. The summed E-state index contributed by atoms with van der Waals surface area (Å²) in [6.45, 7) is 3.04. The van der Waals surface area contributed by atoms with E-state index < -0.39 is 12.6 Å². The van der Waals surface area contributed by atoms with Gasteiger partial charge >= 0.3 is 5.97 Å². The number of carbonyl (C=O) groups is 2. The van der Waals surface area contributed by atoms with Gasteiger partial charge in [-0.05, 0) is 37.1 Å².